The van der Waals surface area contributed by atoms with Crippen molar-refractivity contribution < 1.29 is 27.1 Å². The Hall–Kier alpha value is -1.51. The van der Waals surface area contributed by atoms with Crippen molar-refractivity contribution >= 4 is 5.78 Å². The second-order valence-electron chi connectivity index (χ2n) is 4.17. The number of ether oxygens (including phenoxy) is 1. The van der Waals surface area contributed by atoms with Crippen LogP contribution in [0.15, 0.2) is 6.33 Å². The van der Waals surface area contributed by atoms with Gasteiger partial charge in [-0.1, -0.05) is 6.92 Å². The molecule has 0 atom stereocenters. The predicted octanol–water partition coefficient (Wildman–Crippen LogP) is 1.72. The van der Waals surface area contributed by atoms with Crippen LogP contribution in [-0.4, -0.2) is 46.1 Å². The van der Waals surface area contributed by atoms with E-state index >= 15 is 0 Å². The maximum atomic E-state index is 12.5. The molecule has 0 radical (unpaired) electrons. The van der Waals surface area contributed by atoms with E-state index in [9.17, 15) is 22.4 Å². The van der Waals surface area contributed by atoms with Gasteiger partial charge in [-0.3, -0.25) is 4.79 Å². The minimum absolute atomic E-state index is 0.139. The Morgan fingerprint density at radius 2 is 2.20 bits per heavy atom. The SMILES string of the molecule is CCCn1ncnc1CC(=O)COCC(F)(F)C(F)F. The average molecular weight is 297 g/mol. The van der Waals surface area contributed by atoms with Crippen molar-refractivity contribution in [1.29, 1.82) is 0 Å². The summed E-state index contributed by atoms with van der Waals surface area (Å²) in [4.78, 5) is 15.4. The van der Waals surface area contributed by atoms with Gasteiger partial charge in [-0.05, 0) is 6.42 Å². The van der Waals surface area contributed by atoms with Gasteiger partial charge in [0.05, 0.1) is 6.42 Å². The minimum Gasteiger partial charge on any atom is -0.367 e. The quantitative estimate of drug-likeness (QED) is 0.651. The zero-order chi connectivity index (χ0) is 15.2. The molecule has 1 aromatic rings. The number of rotatable bonds is 9. The van der Waals surface area contributed by atoms with Gasteiger partial charge in [0.1, 0.15) is 25.4 Å². The van der Waals surface area contributed by atoms with Crippen LogP contribution in [0.5, 0.6) is 0 Å². The molecule has 114 valence electrons. The molecule has 0 aliphatic rings. The second kappa shape index (κ2) is 7.32. The van der Waals surface area contributed by atoms with E-state index in [1.165, 1.54) is 11.0 Å². The van der Waals surface area contributed by atoms with E-state index in [0.717, 1.165) is 6.42 Å². The topological polar surface area (TPSA) is 57.0 Å². The molecule has 0 aliphatic heterocycles. The van der Waals surface area contributed by atoms with Crippen LogP contribution in [0.3, 0.4) is 0 Å². The number of nitrogens with zero attached hydrogens (tertiary/aromatic N) is 3. The van der Waals surface area contributed by atoms with Gasteiger partial charge in [0.25, 0.3) is 0 Å². The van der Waals surface area contributed by atoms with Crippen LogP contribution in [0, 0.1) is 0 Å². The summed E-state index contributed by atoms with van der Waals surface area (Å²) in [6.07, 6.45) is -1.88. The summed E-state index contributed by atoms with van der Waals surface area (Å²) in [6, 6.07) is 0. The first kappa shape index (κ1) is 16.5. The maximum Gasteiger partial charge on any atom is 0.330 e. The van der Waals surface area contributed by atoms with Crippen LogP contribution >= 0.6 is 0 Å². The zero-order valence-electron chi connectivity index (χ0n) is 10.9. The van der Waals surface area contributed by atoms with Crippen LogP contribution in [-0.2, 0) is 22.5 Å². The third kappa shape index (κ3) is 4.87. The summed E-state index contributed by atoms with van der Waals surface area (Å²) in [5, 5.41) is 3.90. The Morgan fingerprint density at radius 3 is 2.80 bits per heavy atom. The van der Waals surface area contributed by atoms with E-state index in [2.05, 4.69) is 14.8 Å². The van der Waals surface area contributed by atoms with Crippen molar-refractivity contribution in [3.05, 3.63) is 12.2 Å². The molecular weight excluding hydrogens is 282 g/mol. The normalized spacial score (nSPS) is 12.1. The highest BCUT2D eigenvalue weighted by Gasteiger charge is 2.41. The lowest BCUT2D eigenvalue weighted by molar-refractivity contribution is -0.168. The lowest BCUT2D eigenvalue weighted by atomic mass is 10.3. The first-order valence-electron chi connectivity index (χ1n) is 5.99. The van der Waals surface area contributed by atoms with E-state index in [1.807, 2.05) is 6.92 Å². The van der Waals surface area contributed by atoms with E-state index in [0.29, 0.717) is 12.4 Å². The van der Waals surface area contributed by atoms with Crippen LogP contribution in [0.25, 0.3) is 0 Å². The molecule has 0 N–H and O–H groups in total. The largest absolute Gasteiger partial charge is 0.367 e. The maximum absolute atomic E-state index is 12.5. The van der Waals surface area contributed by atoms with Crippen molar-refractivity contribution in [2.24, 2.45) is 0 Å². The lowest BCUT2D eigenvalue weighted by Gasteiger charge is -2.14. The van der Waals surface area contributed by atoms with Gasteiger partial charge in [0.2, 0.25) is 0 Å². The highest BCUT2D eigenvalue weighted by Crippen LogP contribution is 2.22. The number of halogens is 4. The first-order chi connectivity index (χ1) is 9.36. The van der Waals surface area contributed by atoms with Gasteiger partial charge in [-0.15, -0.1) is 0 Å². The predicted molar refractivity (Wildman–Crippen MR) is 60.8 cm³/mol. The molecule has 0 bridgehead atoms. The van der Waals surface area contributed by atoms with Crippen LogP contribution in [0.1, 0.15) is 19.2 Å². The smallest absolute Gasteiger partial charge is 0.330 e. The standard InChI is InChI=1S/C11H15F4N3O2/c1-2-3-18-9(16-7-17-18)4-8(19)5-20-6-11(14,15)10(12)13/h7,10H,2-6H2,1H3. The molecular formula is C11H15F4N3O2. The zero-order valence-corrected chi connectivity index (χ0v) is 10.9. The molecule has 0 aromatic carbocycles. The number of aryl methyl sites for hydroxylation is 1. The van der Waals surface area contributed by atoms with Gasteiger partial charge < -0.3 is 4.74 Å². The molecule has 0 fully saturated rings. The van der Waals surface area contributed by atoms with Gasteiger partial charge in [0.15, 0.2) is 5.78 Å². The van der Waals surface area contributed by atoms with E-state index in [4.69, 9.17) is 0 Å². The van der Waals surface area contributed by atoms with Crippen molar-refractivity contribution in [3.8, 4) is 0 Å². The minimum atomic E-state index is -4.25. The Morgan fingerprint density at radius 1 is 1.50 bits per heavy atom. The lowest BCUT2D eigenvalue weighted by Crippen LogP contribution is -2.33. The van der Waals surface area contributed by atoms with Gasteiger partial charge in [-0.25, -0.2) is 18.4 Å². The average Bonchev–Trinajstić information content (AvgIpc) is 2.76. The molecule has 0 unspecified atom stereocenters. The van der Waals surface area contributed by atoms with Crippen molar-refractivity contribution in [3.63, 3.8) is 0 Å². The van der Waals surface area contributed by atoms with Crippen molar-refractivity contribution in [2.45, 2.75) is 38.7 Å². The summed E-state index contributed by atoms with van der Waals surface area (Å²) in [6.45, 7) is 0.342. The van der Waals surface area contributed by atoms with Crippen molar-refractivity contribution in [2.75, 3.05) is 13.2 Å². The molecule has 0 amide bonds. The number of alkyl halides is 4. The van der Waals surface area contributed by atoms with E-state index in [1.54, 1.807) is 0 Å². The molecule has 1 aromatic heterocycles. The Bertz CT molecular complexity index is 437. The summed E-state index contributed by atoms with van der Waals surface area (Å²) in [7, 11) is 0. The molecule has 1 heterocycles. The number of ketones is 1. The second-order valence-corrected chi connectivity index (χ2v) is 4.17. The fourth-order valence-corrected chi connectivity index (χ4v) is 1.41. The Balaban J connectivity index is 2.39. The molecule has 0 saturated heterocycles. The molecule has 5 nitrogen and oxygen atoms in total. The molecule has 0 aliphatic carbocycles. The summed E-state index contributed by atoms with van der Waals surface area (Å²) >= 11 is 0. The molecule has 1 rings (SSSR count). The molecule has 0 saturated carbocycles. The summed E-state index contributed by atoms with van der Waals surface area (Å²) in [5.41, 5.74) is 0. The number of carbonyl (C=O) groups excluding carboxylic acids is 1. The Kier molecular flexibility index (Phi) is 6.05. The van der Waals surface area contributed by atoms with Crippen molar-refractivity contribution in [1.82, 2.24) is 14.8 Å². The number of carbonyl (C=O) groups is 1. The van der Waals surface area contributed by atoms with Crippen LogP contribution in [0.4, 0.5) is 17.6 Å². The van der Waals surface area contributed by atoms with Gasteiger partial charge in [0, 0.05) is 6.54 Å². The summed E-state index contributed by atoms with van der Waals surface area (Å²) < 4.78 is 54.6. The Labute approximate surface area is 112 Å². The van der Waals surface area contributed by atoms with E-state index in [-0.39, 0.29) is 6.42 Å². The number of hydrogen-bond donors (Lipinski definition) is 0. The molecule has 9 heteroatoms. The third-order valence-corrected chi connectivity index (χ3v) is 2.36. The van der Waals surface area contributed by atoms with Gasteiger partial charge >= 0.3 is 12.3 Å². The fraction of sp³-hybridized carbons (Fsp3) is 0.727. The monoisotopic (exact) mass is 297 g/mol. The fourth-order valence-electron chi connectivity index (χ4n) is 1.41. The third-order valence-electron chi connectivity index (χ3n) is 2.36. The van der Waals surface area contributed by atoms with Gasteiger partial charge in [-0.2, -0.15) is 13.9 Å². The number of Topliss-reactive ketones (excluding diaryl/α,β-unsaturated/α-hetero) is 1. The van der Waals surface area contributed by atoms with Crippen LogP contribution in [0.2, 0.25) is 0 Å². The van der Waals surface area contributed by atoms with E-state index < -0.39 is 31.3 Å². The van der Waals surface area contributed by atoms with Crippen LogP contribution < -0.4 is 0 Å². The number of aromatic nitrogens is 3. The molecule has 20 heavy (non-hydrogen) atoms. The molecule has 0 spiro atoms. The highest BCUT2D eigenvalue weighted by molar-refractivity contribution is 5.81. The first-order valence-corrected chi connectivity index (χ1v) is 5.99. The summed E-state index contributed by atoms with van der Waals surface area (Å²) in [5.74, 6) is -4.39. The highest BCUT2D eigenvalue weighted by atomic mass is 19.3. The number of hydrogen-bond acceptors (Lipinski definition) is 4.